The molecule has 0 aliphatic carbocycles. The van der Waals surface area contributed by atoms with Crippen LogP contribution in [-0.4, -0.2) is 13.7 Å². The molecule has 0 spiro atoms. The van der Waals surface area contributed by atoms with E-state index < -0.39 is 70.8 Å². The van der Waals surface area contributed by atoms with E-state index in [2.05, 4.69) is 0 Å². The number of aromatic nitrogens is 3. The topological polar surface area (TPSA) is 92.0 Å². The Hall–Kier alpha value is -4.32. The van der Waals surface area contributed by atoms with Gasteiger partial charge in [0.25, 0.3) is 0 Å². The first kappa shape index (κ1) is 25.8. The number of para-hydroxylation sites is 1. The molecule has 0 radical (unpaired) electrons. The van der Waals surface area contributed by atoms with Gasteiger partial charge in [0.05, 0.1) is 24.3 Å². The third-order valence-corrected chi connectivity index (χ3v) is 5.75. The number of hydrogen-bond acceptors (Lipinski definition) is 4. The fourth-order valence-electron chi connectivity index (χ4n) is 3.91. The van der Waals surface area contributed by atoms with E-state index in [0.29, 0.717) is 20.8 Å². The fraction of sp³-hybridized carbons (Fsp3) is 0.160. The molecule has 4 rings (SSSR count). The first-order valence-electron chi connectivity index (χ1n) is 10.9. The number of alkyl halides is 3. The van der Waals surface area contributed by atoms with Crippen molar-refractivity contribution in [2.75, 3.05) is 0 Å². The van der Waals surface area contributed by atoms with E-state index in [-0.39, 0.29) is 4.57 Å². The van der Waals surface area contributed by atoms with Crippen LogP contribution in [0.15, 0.2) is 87.2 Å². The van der Waals surface area contributed by atoms with Gasteiger partial charge in [0, 0.05) is 11.6 Å². The largest absolute Gasteiger partial charge is 0.416 e. The smallest absolute Gasteiger partial charge is 0.322 e. The summed E-state index contributed by atoms with van der Waals surface area (Å²) in [5, 5.41) is 0. The highest BCUT2D eigenvalue weighted by Gasteiger charge is 2.35. The molecule has 12 heteroatoms. The maximum Gasteiger partial charge on any atom is 0.416 e. The molecule has 4 aromatic rings. The average Bonchev–Trinajstić information content (AvgIpc) is 2.86. The predicted molar refractivity (Wildman–Crippen MR) is 124 cm³/mol. The second-order valence-corrected chi connectivity index (χ2v) is 8.11. The average molecular weight is 518 g/mol. The lowest BCUT2D eigenvalue weighted by molar-refractivity contribution is -0.138. The van der Waals surface area contributed by atoms with Crippen molar-refractivity contribution in [2.24, 2.45) is 5.73 Å². The zero-order chi connectivity index (χ0) is 26.9. The highest BCUT2D eigenvalue weighted by Crippen LogP contribution is 2.33. The highest BCUT2D eigenvalue weighted by molar-refractivity contribution is 5.34. The lowest BCUT2D eigenvalue weighted by Gasteiger charge is -2.19. The quantitative estimate of drug-likeness (QED) is 0.397. The van der Waals surface area contributed by atoms with Crippen LogP contribution in [0.4, 0.5) is 22.0 Å². The predicted octanol–water partition coefficient (Wildman–Crippen LogP) is 3.21. The summed E-state index contributed by atoms with van der Waals surface area (Å²) in [7, 11) is 0. The molecule has 0 saturated carbocycles. The first-order chi connectivity index (χ1) is 17.5. The summed E-state index contributed by atoms with van der Waals surface area (Å²) >= 11 is 0. The van der Waals surface area contributed by atoms with Crippen molar-refractivity contribution in [2.45, 2.75) is 25.3 Å². The molecule has 37 heavy (non-hydrogen) atoms. The van der Waals surface area contributed by atoms with Gasteiger partial charge in [-0.05, 0) is 29.8 Å². The summed E-state index contributed by atoms with van der Waals surface area (Å²) in [6.45, 7) is -1.67. The second kappa shape index (κ2) is 9.97. The molecule has 192 valence electrons. The lowest BCUT2D eigenvalue weighted by atomic mass is 10.1. The zero-order valence-electron chi connectivity index (χ0n) is 19.0. The molecule has 1 aromatic heterocycles. The molecule has 0 bridgehead atoms. The van der Waals surface area contributed by atoms with Gasteiger partial charge in [0.1, 0.15) is 11.6 Å². The minimum absolute atomic E-state index is 0.249. The summed E-state index contributed by atoms with van der Waals surface area (Å²) in [6, 6.07) is 14.1. The number of nitrogens with two attached hydrogens (primary N) is 1. The molecule has 7 nitrogen and oxygen atoms in total. The Balaban J connectivity index is 1.98. The van der Waals surface area contributed by atoms with Gasteiger partial charge in [-0.15, -0.1) is 0 Å². The van der Waals surface area contributed by atoms with E-state index in [1.807, 2.05) is 0 Å². The van der Waals surface area contributed by atoms with E-state index >= 15 is 0 Å². The maximum absolute atomic E-state index is 14.6. The molecular formula is C25H19F5N4O3. The number of benzene rings is 3. The fourth-order valence-corrected chi connectivity index (χ4v) is 3.91. The van der Waals surface area contributed by atoms with Crippen molar-refractivity contribution >= 4 is 0 Å². The Kier molecular flexibility index (Phi) is 6.94. The van der Waals surface area contributed by atoms with E-state index in [1.54, 1.807) is 30.3 Å². The molecule has 1 unspecified atom stereocenters. The Labute approximate surface area is 205 Å². The summed E-state index contributed by atoms with van der Waals surface area (Å²) < 4.78 is 71.0. The van der Waals surface area contributed by atoms with E-state index in [1.165, 1.54) is 12.1 Å². The lowest BCUT2D eigenvalue weighted by Crippen LogP contribution is -2.55. The highest BCUT2D eigenvalue weighted by atomic mass is 19.4. The summed E-state index contributed by atoms with van der Waals surface area (Å²) in [4.78, 5) is 39.8. The molecular weight excluding hydrogens is 499 g/mol. The minimum atomic E-state index is -5.00. The Morgan fingerprint density at radius 2 is 1.32 bits per heavy atom. The first-order valence-corrected chi connectivity index (χ1v) is 10.9. The zero-order valence-corrected chi connectivity index (χ0v) is 19.0. The van der Waals surface area contributed by atoms with Crippen LogP contribution in [0.5, 0.6) is 0 Å². The van der Waals surface area contributed by atoms with Crippen LogP contribution in [-0.2, 0) is 19.3 Å². The Morgan fingerprint density at radius 3 is 1.97 bits per heavy atom. The number of hydrogen-bond donors (Lipinski definition) is 1. The maximum atomic E-state index is 14.6. The summed E-state index contributed by atoms with van der Waals surface area (Å²) in [6.07, 6.45) is -5.00. The van der Waals surface area contributed by atoms with Gasteiger partial charge in [-0.2, -0.15) is 13.2 Å². The molecule has 0 fully saturated rings. The number of halogens is 5. The van der Waals surface area contributed by atoms with E-state index in [0.717, 1.165) is 24.3 Å². The van der Waals surface area contributed by atoms with Crippen LogP contribution >= 0.6 is 0 Å². The van der Waals surface area contributed by atoms with Gasteiger partial charge < -0.3 is 5.73 Å². The van der Waals surface area contributed by atoms with Crippen molar-refractivity contribution in [1.29, 1.82) is 0 Å². The summed E-state index contributed by atoms with van der Waals surface area (Å²) in [5.74, 6) is -2.33. The van der Waals surface area contributed by atoms with Crippen LogP contribution < -0.4 is 22.8 Å². The van der Waals surface area contributed by atoms with Crippen molar-refractivity contribution in [3.05, 3.63) is 133 Å². The van der Waals surface area contributed by atoms with Gasteiger partial charge in [-0.1, -0.05) is 48.5 Å². The van der Waals surface area contributed by atoms with Gasteiger partial charge >= 0.3 is 23.2 Å². The monoisotopic (exact) mass is 518 g/mol. The minimum Gasteiger partial charge on any atom is -0.322 e. The van der Waals surface area contributed by atoms with Crippen molar-refractivity contribution in [3.8, 4) is 5.69 Å². The van der Waals surface area contributed by atoms with Crippen LogP contribution in [0.3, 0.4) is 0 Å². The van der Waals surface area contributed by atoms with Crippen LogP contribution in [0.2, 0.25) is 0 Å². The molecule has 3 aromatic carbocycles. The second-order valence-electron chi connectivity index (χ2n) is 8.11. The third kappa shape index (κ3) is 5.00. The standard InChI is InChI=1S/C25H19F5N4O3/c26-18-11-6-9-17(25(28,29)30)16(18)13-32-22(35)33(14-20(31)15-7-2-1-3-8-15)24(37)34(23(32)36)21-12-5-4-10-19(21)27/h1-12,20H,13-14,31H2. The Morgan fingerprint density at radius 1 is 0.730 bits per heavy atom. The molecule has 2 N–H and O–H groups in total. The molecule has 1 atom stereocenters. The molecule has 1 heterocycles. The van der Waals surface area contributed by atoms with Crippen LogP contribution in [0, 0.1) is 11.6 Å². The van der Waals surface area contributed by atoms with E-state index in [9.17, 15) is 36.3 Å². The van der Waals surface area contributed by atoms with Crippen LogP contribution in [0.25, 0.3) is 5.69 Å². The normalized spacial score (nSPS) is 12.5. The van der Waals surface area contributed by atoms with Crippen molar-refractivity contribution < 1.29 is 22.0 Å². The van der Waals surface area contributed by atoms with Gasteiger partial charge in [0.15, 0.2) is 0 Å². The molecule has 0 saturated heterocycles. The van der Waals surface area contributed by atoms with Gasteiger partial charge in [0.2, 0.25) is 0 Å². The third-order valence-electron chi connectivity index (χ3n) is 5.75. The van der Waals surface area contributed by atoms with Gasteiger partial charge in [-0.25, -0.2) is 36.9 Å². The van der Waals surface area contributed by atoms with E-state index in [4.69, 9.17) is 5.73 Å². The summed E-state index contributed by atoms with van der Waals surface area (Å²) in [5.41, 5.74) is -0.311. The number of nitrogens with zero attached hydrogens (tertiary/aromatic N) is 3. The van der Waals surface area contributed by atoms with Crippen molar-refractivity contribution in [1.82, 2.24) is 13.7 Å². The van der Waals surface area contributed by atoms with Gasteiger partial charge in [-0.3, -0.25) is 0 Å². The van der Waals surface area contributed by atoms with Crippen molar-refractivity contribution in [3.63, 3.8) is 0 Å². The SMILES string of the molecule is NC(Cn1c(=O)n(Cc2c(F)cccc2C(F)(F)F)c(=O)n(-c2ccccc2F)c1=O)c1ccccc1. The molecule has 0 aliphatic heterocycles. The van der Waals surface area contributed by atoms with Crippen LogP contribution in [0.1, 0.15) is 22.7 Å². The Bertz CT molecular complexity index is 1620. The molecule has 0 amide bonds. The molecule has 0 aliphatic rings. The number of rotatable bonds is 6.